The van der Waals surface area contributed by atoms with Crippen LogP contribution in [-0.4, -0.2) is 16.7 Å². The van der Waals surface area contributed by atoms with Gasteiger partial charge in [0.2, 0.25) is 0 Å². The van der Waals surface area contributed by atoms with Crippen LogP contribution in [0.25, 0.3) is 11.1 Å². The van der Waals surface area contributed by atoms with Gasteiger partial charge in [-0.15, -0.1) is 0 Å². The lowest BCUT2D eigenvalue weighted by Crippen LogP contribution is -2.29. The summed E-state index contributed by atoms with van der Waals surface area (Å²) in [6, 6.07) is 18.7. The van der Waals surface area contributed by atoms with Gasteiger partial charge in [0.05, 0.1) is 0 Å². The van der Waals surface area contributed by atoms with E-state index >= 15 is 0 Å². The predicted molar refractivity (Wildman–Crippen MR) is 109 cm³/mol. The van der Waals surface area contributed by atoms with E-state index in [-0.39, 0.29) is 17.3 Å². The maximum atomic E-state index is 12.6. The molecule has 1 aliphatic carbocycles. The molecule has 5 heteroatoms. The normalized spacial score (nSPS) is 15.8. The van der Waals surface area contributed by atoms with E-state index in [0.717, 1.165) is 11.1 Å². The number of nitrogens with one attached hydrogen (secondary N) is 2. The lowest BCUT2D eigenvalue weighted by Gasteiger charge is -2.20. The third kappa shape index (κ3) is 3.51. The maximum absolute atomic E-state index is 12.6. The molecule has 1 aliphatic rings. The Bertz CT molecular complexity index is 1100. The number of anilines is 1. The van der Waals surface area contributed by atoms with Crippen molar-refractivity contribution in [2.24, 2.45) is 5.92 Å². The molecule has 1 amide bonds. The molecule has 0 saturated heterocycles. The zero-order valence-electron chi connectivity index (χ0n) is 15.5. The summed E-state index contributed by atoms with van der Waals surface area (Å²) in [6.45, 7) is 1.97. The van der Waals surface area contributed by atoms with E-state index in [2.05, 4.69) is 10.3 Å². The topological polar surface area (TPSA) is 79.0 Å². The van der Waals surface area contributed by atoms with Crippen molar-refractivity contribution >= 4 is 17.4 Å². The van der Waals surface area contributed by atoms with Gasteiger partial charge in [0, 0.05) is 23.4 Å². The van der Waals surface area contributed by atoms with E-state index in [9.17, 15) is 14.4 Å². The number of carbonyl (C=O) groups is 2. The van der Waals surface area contributed by atoms with E-state index < -0.39 is 11.5 Å². The van der Waals surface area contributed by atoms with E-state index in [0.29, 0.717) is 29.8 Å². The molecule has 0 bridgehead atoms. The van der Waals surface area contributed by atoms with Crippen LogP contribution < -0.4 is 10.9 Å². The second-order valence-electron chi connectivity index (χ2n) is 7.24. The average molecular weight is 372 g/mol. The van der Waals surface area contributed by atoms with Gasteiger partial charge in [-0.1, -0.05) is 49.4 Å². The highest BCUT2D eigenvalue weighted by Crippen LogP contribution is 2.24. The first kappa shape index (κ1) is 17.9. The Labute approximate surface area is 162 Å². The summed E-state index contributed by atoms with van der Waals surface area (Å²) in [6.07, 6.45) is 1.07. The van der Waals surface area contributed by atoms with Crippen LogP contribution in [0.4, 0.5) is 5.69 Å². The molecule has 1 aromatic heterocycles. The first-order chi connectivity index (χ1) is 13.5. The molecular formula is C23H20N2O3. The maximum Gasteiger partial charge on any atom is 0.261 e. The number of pyridine rings is 1. The van der Waals surface area contributed by atoms with Gasteiger partial charge in [0.25, 0.3) is 11.5 Å². The minimum absolute atomic E-state index is 0.0359. The number of hydrogen-bond donors (Lipinski definition) is 2. The van der Waals surface area contributed by atoms with Gasteiger partial charge in [-0.3, -0.25) is 14.4 Å². The molecule has 2 aromatic carbocycles. The van der Waals surface area contributed by atoms with Crippen molar-refractivity contribution in [3.05, 3.63) is 87.8 Å². The standard InChI is InChI=1S/C23H20N2O3/c1-14-11-20-18(21(26)12-14)13-19(23(28)25-20)22(27)24-17-9-7-16(8-10-17)15-5-3-2-4-6-15/h2-10,13-14H,11-12H2,1H3,(H,24,27)(H,25,28). The van der Waals surface area contributed by atoms with Crippen LogP contribution in [0, 0.1) is 5.92 Å². The summed E-state index contributed by atoms with van der Waals surface area (Å²) in [5.74, 6) is -0.368. The summed E-state index contributed by atoms with van der Waals surface area (Å²) in [5.41, 5.74) is 3.25. The highest BCUT2D eigenvalue weighted by molar-refractivity contribution is 6.06. The Hall–Kier alpha value is -3.47. The summed E-state index contributed by atoms with van der Waals surface area (Å²) in [4.78, 5) is 39.9. The molecule has 3 aromatic rings. The number of hydrogen-bond acceptors (Lipinski definition) is 3. The second kappa shape index (κ2) is 7.27. The molecule has 0 radical (unpaired) electrons. The van der Waals surface area contributed by atoms with Gasteiger partial charge in [-0.2, -0.15) is 0 Å². The number of rotatable bonds is 3. The zero-order valence-corrected chi connectivity index (χ0v) is 15.5. The summed E-state index contributed by atoms with van der Waals surface area (Å²) in [5, 5.41) is 2.74. The van der Waals surface area contributed by atoms with Gasteiger partial charge in [0.1, 0.15) is 5.56 Å². The smallest absolute Gasteiger partial charge is 0.261 e. The van der Waals surface area contributed by atoms with Crippen molar-refractivity contribution < 1.29 is 9.59 Å². The fraction of sp³-hybridized carbons (Fsp3) is 0.174. The number of amides is 1. The number of aromatic amines is 1. The SMILES string of the molecule is CC1CC(=O)c2cc(C(=O)Nc3ccc(-c4ccccc4)cc3)c(=O)[nH]c2C1. The van der Waals surface area contributed by atoms with Crippen molar-refractivity contribution in [2.45, 2.75) is 19.8 Å². The van der Waals surface area contributed by atoms with Crippen molar-refractivity contribution in [1.82, 2.24) is 4.98 Å². The molecule has 1 heterocycles. The molecule has 2 N–H and O–H groups in total. The van der Waals surface area contributed by atoms with Crippen molar-refractivity contribution in [3.63, 3.8) is 0 Å². The first-order valence-corrected chi connectivity index (χ1v) is 9.27. The number of H-pyrrole nitrogens is 1. The highest BCUT2D eigenvalue weighted by Gasteiger charge is 2.25. The Kier molecular flexibility index (Phi) is 4.65. The molecular weight excluding hydrogens is 352 g/mol. The zero-order chi connectivity index (χ0) is 19.7. The predicted octanol–water partition coefficient (Wildman–Crippen LogP) is 4.06. The van der Waals surface area contributed by atoms with E-state index in [1.54, 1.807) is 12.1 Å². The quantitative estimate of drug-likeness (QED) is 0.728. The van der Waals surface area contributed by atoms with Crippen molar-refractivity contribution in [3.8, 4) is 11.1 Å². The molecule has 0 aliphatic heterocycles. The third-order valence-electron chi connectivity index (χ3n) is 5.00. The summed E-state index contributed by atoms with van der Waals surface area (Å²) >= 11 is 0. The van der Waals surface area contributed by atoms with Crippen LogP contribution in [-0.2, 0) is 6.42 Å². The molecule has 1 atom stereocenters. The van der Waals surface area contributed by atoms with Gasteiger partial charge in [-0.25, -0.2) is 0 Å². The molecule has 5 nitrogen and oxygen atoms in total. The molecule has 28 heavy (non-hydrogen) atoms. The number of Topliss-reactive ketones (excluding diaryl/α,β-unsaturated/α-hetero) is 1. The van der Waals surface area contributed by atoms with Gasteiger partial charge >= 0.3 is 0 Å². The Morgan fingerprint density at radius 1 is 0.964 bits per heavy atom. The minimum Gasteiger partial charge on any atom is -0.325 e. The monoisotopic (exact) mass is 372 g/mol. The number of aromatic nitrogens is 1. The van der Waals surface area contributed by atoms with E-state index in [4.69, 9.17) is 0 Å². The first-order valence-electron chi connectivity index (χ1n) is 9.27. The number of benzene rings is 2. The molecule has 140 valence electrons. The van der Waals surface area contributed by atoms with Crippen molar-refractivity contribution in [2.75, 3.05) is 5.32 Å². The second-order valence-corrected chi connectivity index (χ2v) is 7.24. The third-order valence-corrected chi connectivity index (χ3v) is 5.00. The van der Waals surface area contributed by atoms with Gasteiger partial charge < -0.3 is 10.3 Å². The van der Waals surface area contributed by atoms with Crippen LogP contribution in [0.5, 0.6) is 0 Å². The minimum atomic E-state index is -0.525. The lowest BCUT2D eigenvalue weighted by atomic mass is 9.86. The molecule has 0 saturated carbocycles. The Morgan fingerprint density at radius 2 is 1.64 bits per heavy atom. The van der Waals surface area contributed by atoms with Crippen LogP contribution in [0.15, 0.2) is 65.5 Å². The Balaban J connectivity index is 1.57. The highest BCUT2D eigenvalue weighted by atomic mass is 16.2. The van der Waals surface area contributed by atoms with Crippen LogP contribution in [0.3, 0.4) is 0 Å². The van der Waals surface area contributed by atoms with Crippen molar-refractivity contribution in [1.29, 1.82) is 0 Å². The molecule has 0 spiro atoms. The van der Waals surface area contributed by atoms with Crippen LogP contribution in [0.2, 0.25) is 0 Å². The largest absolute Gasteiger partial charge is 0.325 e. The molecule has 4 rings (SSSR count). The number of carbonyl (C=O) groups excluding carboxylic acids is 2. The number of fused-ring (bicyclic) bond motifs is 1. The van der Waals surface area contributed by atoms with Crippen LogP contribution in [0.1, 0.15) is 39.8 Å². The van der Waals surface area contributed by atoms with Crippen LogP contribution >= 0.6 is 0 Å². The van der Waals surface area contributed by atoms with Gasteiger partial charge in [-0.05, 0) is 41.7 Å². The van der Waals surface area contributed by atoms with E-state index in [1.165, 1.54) is 6.07 Å². The summed E-state index contributed by atoms with van der Waals surface area (Å²) in [7, 11) is 0. The fourth-order valence-electron chi connectivity index (χ4n) is 3.57. The molecule has 0 fully saturated rings. The van der Waals surface area contributed by atoms with E-state index in [1.807, 2.05) is 49.4 Å². The molecule has 1 unspecified atom stereocenters. The van der Waals surface area contributed by atoms with Gasteiger partial charge in [0.15, 0.2) is 5.78 Å². The lowest BCUT2D eigenvalue weighted by molar-refractivity contribution is 0.0952. The fourth-order valence-corrected chi connectivity index (χ4v) is 3.57. The number of ketones is 1. The average Bonchev–Trinajstić information content (AvgIpc) is 2.68. The summed E-state index contributed by atoms with van der Waals surface area (Å²) < 4.78 is 0. The Morgan fingerprint density at radius 3 is 2.36 bits per heavy atom.